The smallest absolute Gasteiger partial charge is 0.0604 e. The van der Waals surface area contributed by atoms with E-state index in [4.69, 9.17) is 0 Å². The highest BCUT2D eigenvalue weighted by molar-refractivity contribution is 9.11. The number of rotatable bonds is 10. The summed E-state index contributed by atoms with van der Waals surface area (Å²) >= 11 is 18.2. The summed E-state index contributed by atoms with van der Waals surface area (Å²) in [5.74, 6) is 0. The van der Waals surface area contributed by atoms with Crippen molar-refractivity contribution in [3.05, 3.63) is 526 Å². The molecule has 0 aliphatic carbocycles. The second kappa shape index (κ2) is 36.1. The Labute approximate surface area is 888 Å². The van der Waals surface area contributed by atoms with Crippen molar-refractivity contribution < 1.29 is 0 Å². The molecular weight excluding hydrogens is 2120 g/mol. The minimum Gasteiger partial charge on any atom is -0.309 e. The van der Waals surface area contributed by atoms with Crippen LogP contribution >= 0.6 is 79.6 Å². The van der Waals surface area contributed by atoms with Crippen LogP contribution in [0.15, 0.2) is 526 Å². The Hall–Kier alpha value is -16.5. The van der Waals surface area contributed by atoms with Crippen LogP contribution in [0.1, 0.15) is 0 Å². The molecule has 0 atom stereocenters. The van der Waals surface area contributed by atoms with Crippen molar-refractivity contribution in [3.63, 3.8) is 0 Å². The van der Waals surface area contributed by atoms with Gasteiger partial charge >= 0.3 is 0 Å². The van der Waals surface area contributed by atoms with E-state index < -0.39 is 0 Å². The van der Waals surface area contributed by atoms with Gasteiger partial charge in [-0.1, -0.05) is 367 Å². The molecule has 32 rings (SSSR count). The normalized spacial score (nSPS) is 11.8. The van der Waals surface area contributed by atoms with Gasteiger partial charge in [0.05, 0.1) is 77.6 Å². The number of aromatic nitrogens is 6. The third-order valence-corrected chi connectivity index (χ3v) is 32.4. The summed E-state index contributed by atoms with van der Waals surface area (Å²) in [6.45, 7) is 0. The lowest BCUT2D eigenvalue weighted by molar-refractivity contribution is 1.17. The largest absolute Gasteiger partial charge is 0.309 e. The van der Waals surface area contributed by atoms with Gasteiger partial charge in [-0.2, -0.15) is 0 Å². The first-order valence-electron chi connectivity index (χ1n) is 49.4. The first-order chi connectivity index (χ1) is 72.5. The predicted molar refractivity (Wildman–Crippen MR) is 642 cm³/mol. The highest BCUT2D eigenvalue weighted by Gasteiger charge is 2.26. The first kappa shape index (κ1) is 88.2. The highest BCUT2D eigenvalue weighted by atomic mass is 79.9. The Kier molecular flexibility index (Phi) is 21.7. The molecule has 11 heteroatoms. The van der Waals surface area contributed by atoms with Gasteiger partial charge in [0.1, 0.15) is 0 Å². The highest BCUT2D eigenvalue weighted by Crippen LogP contribution is 2.49. The van der Waals surface area contributed by atoms with Crippen molar-refractivity contribution in [1.29, 1.82) is 0 Å². The lowest BCUT2D eigenvalue weighted by atomic mass is 9.99. The minimum atomic E-state index is 1.08. The molecule has 0 radical (unpaired) electrons. The standard InChI is InChI=1S/C38H23BrN2.C32H20BrN.C26H16BrN.2C20H12BrN/c39-28-18-20-34-32(23-28)31-22-27(17-19-33(31)40(34)29-10-2-1-3-11-29)26-9-4-12-30(21-26)41-35-13-5-7-24-15-16-25-8-6-14-36(41)38(25)37(24)35;33-27-12-2-10-25(19-27)23-8-1-9-24(18-23)26-11-3-13-28(20-26)34-29-14-4-6-21-16-17-22-7-5-15-30(34)32(22)31(21)29;27-20-9-3-8-19(16-20)21-10-1-2-11-22(21)28-23-12-4-6-17-14-15-18-7-5-13-24(28)26(18)25(17)23;21-15-9-11-16(12-10-15)22-17-5-1-3-13-7-8-14-4-2-6-18(22)20(14)19(13)17;21-15-7-1-2-8-16(15)22-17-9-3-5-13-11-12-14-6-4-10-18(22)20(14)19(13)17/h1-23H;1-20H;1-16H;2*1-12H. The molecule has 0 unspecified atom stereocenters. The topological polar surface area (TPSA) is 29.6 Å². The van der Waals surface area contributed by atoms with Gasteiger partial charge in [0.15, 0.2) is 0 Å². The van der Waals surface area contributed by atoms with Gasteiger partial charge in [0, 0.05) is 115 Å². The van der Waals surface area contributed by atoms with Crippen LogP contribution in [-0.4, -0.2) is 27.4 Å². The first-order valence-corrected chi connectivity index (χ1v) is 53.4. The second-order valence-electron chi connectivity index (χ2n) is 38.0. The maximum atomic E-state index is 3.72. The summed E-state index contributed by atoms with van der Waals surface area (Å²) in [6.07, 6.45) is 0. The van der Waals surface area contributed by atoms with Crippen molar-refractivity contribution in [2.24, 2.45) is 0 Å². The molecule has 0 N–H and O–H groups in total. The molecule has 0 bridgehead atoms. The van der Waals surface area contributed by atoms with Gasteiger partial charge in [-0.25, -0.2) is 0 Å². The fourth-order valence-electron chi connectivity index (χ4n) is 23.5. The number of benzene rings is 26. The third kappa shape index (κ3) is 14.9. The van der Waals surface area contributed by atoms with Crippen LogP contribution < -0.4 is 0 Å². The lowest BCUT2D eigenvalue weighted by Crippen LogP contribution is -1.96. The molecule has 26 aromatic carbocycles. The number of hydrogen-bond acceptors (Lipinski definition) is 0. The zero-order valence-electron chi connectivity index (χ0n) is 79.0. The molecule has 0 saturated carbocycles. The molecule has 0 fully saturated rings. The molecule has 6 heterocycles. The summed E-state index contributed by atoms with van der Waals surface area (Å²) < 4.78 is 19.8. The van der Waals surface area contributed by atoms with Crippen LogP contribution in [0.25, 0.3) is 263 Å². The van der Waals surface area contributed by atoms with Crippen LogP contribution in [0.5, 0.6) is 0 Å². The lowest BCUT2D eigenvalue weighted by Gasteiger charge is -2.14. The van der Waals surface area contributed by atoms with Gasteiger partial charge in [-0.15, -0.1) is 0 Å². The fraction of sp³-hybridized carbons (Fsp3) is 0. The Bertz CT molecular complexity index is 10400. The molecule has 0 aliphatic heterocycles. The van der Waals surface area contributed by atoms with E-state index in [9.17, 15) is 0 Å². The van der Waals surface area contributed by atoms with Crippen LogP contribution in [0.2, 0.25) is 0 Å². The Morgan fingerprint density at radius 3 is 0.782 bits per heavy atom. The van der Waals surface area contributed by atoms with Crippen molar-refractivity contribution in [1.82, 2.24) is 27.4 Å². The number of nitrogens with zero attached hydrogens (tertiary/aromatic N) is 6. The summed E-state index contributed by atoms with van der Waals surface area (Å²) in [6, 6.07) is 181. The number of halogens is 5. The average molecular weight is 2200 g/mol. The van der Waals surface area contributed by atoms with Gasteiger partial charge in [-0.3, -0.25) is 0 Å². The van der Waals surface area contributed by atoms with Crippen LogP contribution in [0, 0.1) is 0 Å². The zero-order valence-corrected chi connectivity index (χ0v) is 86.9. The number of fused-ring (bicyclic) bond motifs is 3. The summed E-state index contributed by atoms with van der Waals surface area (Å²) in [7, 11) is 0. The molecule has 692 valence electrons. The molecule has 0 aliphatic rings. The Balaban J connectivity index is 0.0000000906. The monoisotopic (exact) mass is 2190 g/mol. The van der Waals surface area contributed by atoms with Crippen molar-refractivity contribution in [3.8, 4) is 78.6 Å². The van der Waals surface area contributed by atoms with Crippen molar-refractivity contribution in [2.75, 3.05) is 0 Å². The summed E-state index contributed by atoms with van der Waals surface area (Å²) in [5.41, 5.74) is 31.8. The van der Waals surface area contributed by atoms with E-state index in [2.05, 4.69) is 611 Å². The van der Waals surface area contributed by atoms with E-state index >= 15 is 0 Å². The van der Waals surface area contributed by atoms with Crippen molar-refractivity contribution >= 4 is 264 Å². The van der Waals surface area contributed by atoms with E-state index in [0.29, 0.717) is 0 Å². The quantitative estimate of drug-likeness (QED) is 0.122. The van der Waals surface area contributed by atoms with E-state index in [1.807, 2.05) is 0 Å². The van der Waals surface area contributed by atoms with E-state index in [0.717, 1.165) is 22.4 Å². The zero-order chi connectivity index (χ0) is 97.8. The number of para-hydroxylation sites is 3. The summed E-state index contributed by atoms with van der Waals surface area (Å²) in [5, 5.41) is 28.9. The molecular formula is C136H83Br5N6. The van der Waals surface area contributed by atoms with E-state index in [1.165, 1.54) is 263 Å². The summed E-state index contributed by atoms with van der Waals surface area (Å²) in [4.78, 5) is 0. The maximum Gasteiger partial charge on any atom is 0.0604 e. The molecule has 32 aromatic rings. The predicted octanol–water partition coefficient (Wildman–Crippen LogP) is 40.5. The minimum absolute atomic E-state index is 1.08. The van der Waals surface area contributed by atoms with E-state index in [-0.39, 0.29) is 0 Å². The second-order valence-corrected chi connectivity index (χ2v) is 42.5. The van der Waals surface area contributed by atoms with Crippen LogP contribution in [-0.2, 0) is 0 Å². The van der Waals surface area contributed by atoms with Crippen molar-refractivity contribution in [2.45, 2.75) is 0 Å². The van der Waals surface area contributed by atoms with Crippen LogP contribution in [0.3, 0.4) is 0 Å². The van der Waals surface area contributed by atoms with Gasteiger partial charge in [-0.05, 0) is 309 Å². The van der Waals surface area contributed by atoms with E-state index in [1.54, 1.807) is 0 Å². The van der Waals surface area contributed by atoms with Gasteiger partial charge < -0.3 is 27.4 Å². The van der Waals surface area contributed by atoms with Gasteiger partial charge in [0.25, 0.3) is 0 Å². The SMILES string of the molecule is Brc1ccc(-n2c3cccc4ccc5cccc2c5c43)cc1.Brc1ccc2c(c1)c1cc(-c3cccc(-n4c5cccc6ccc7cccc4c7c65)c3)ccc1n2-c1ccccc1.Brc1cccc(-c2cccc(-c3cccc(-n4c5cccc6ccc7cccc4c7c65)c3)c2)c1.Brc1cccc(-c2ccccc2-n2c3cccc4ccc5cccc2c5c43)c1.Brc1ccccc1-n1c2cccc3ccc4cccc1c4c32. The van der Waals surface area contributed by atoms with Gasteiger partial charge in [0.2, 0.25) is 0 Å². The maximum absolute atomic E-state index is 3.72. The Morgan fingerprint density at radius 2 is 0.388 bits per heavy atom. The molecule has 6 nitrogen and oxygen atoms in total. The fourth-order valence-corrected chi connectivity index (χ4v) is 25.4. The average Bonchev–Trinajstić information content (AvgIpc) is 1.58. The molecule has 0 amide bonds. The molecule has 0 spiro atoms. The Morgan fingerprint density at radius 1 is 0.129 bits per heavy atom. The molecule has 6 aromatic heterocycles. The van der Waals surface area contributed by atoms with Crippen LogP contribution in [0.4, 0.5) is 0 Å². The third-order valence-electron chi connectivity index (χ3n) is 29.7. The molecule has 0 saturated heterocycles. The number of hydrogen-bond donors (Lipinski definition) is 0. The molecule has 147 heavy (non-hydrogen) atoms.